The van der Waals surface area contributed by atoms with Crippen LogP contribution in [0, 0.1) is 0 Å². The molecule has 3 aromatic heterocycles. The average molecular weight is 587 g/mol. The average Bonchev–Trinajstić information content (AvgIpc) is 3.34. The van der Waals surface area contributed by atoms with E-state index in [1.807, 2.05) is 20.8 Å². The van der Waals surface area contributed by atoms with Gasteiger partial charge in [-0.2, -0.15) is 28.4 Å². The highest BCUT2D eigenvalue weighted by Crippen LogP contribution is 2.39. The predicted octanol–water partition coefficient (Wildman–Crippen LogP) is 5.41. The van der Waals surface area contributed by atoms with Gasteiger partial charge in [0, 0.05) is 18.2 Å². The number of aromatic nitrogens is 5. The van der Waals surface area contributed by atoms with Crippen LogP contribution in [-0.2, 0) is 10.9 Å². The Kier molecular flexibility index (Phi) is 8.27. The Balaban J connectivity index is 1.97. The van der Waals surface area contributed by atoms with E-state index in [9.17, 15) is 18.0 Å². The number of methoxy groups -OCH3 is 2. The van der Waals surface area contributed by atoms with Crippen molar-refractivity contribution in [3.8, 4) is 11.7 Å². The molecule has 0 spiro atoms. The summed E-state index contributed by atoms with van der Waals surface area (Å²) in [6.45, 7) is 7.66. The molecule has 37 heavy (non-hydrogen) atoms. The smallest absolute Gasteiger partial charge is 0.420 e. The minimum Gasteiger partial charge on any atom is -0.479 e. The van der Waals surface area contributed by atoms with Crippen molar-refractivity contribution in [3.05, 3.63) is 40.3 Å². The van der Waals surface area contributed by atoms with E-state index in [2.05, 4.69) is 52.0 Å². The largest absolute Gasteiger partial charge is 0.479 e. The van der Waals surface area contributed by atoms with Crippen molar-refractivity contribution in [1.82, 2.24) is 25.0 Å². The van der Waals surface area contributed by atoms with E-state index in [-0.39, 0.29) is 22.8 Å². The Hall–Kier alpha value is -3.46. The number of carbonyl (C=O) groups excluding carboxylic acids is 1. The molecule has 1 unspecified atom stereocenters. The molecule has 3 heterocycles. The lowest BCUT2D eigenvalue weighted by atomic mass is 10.1. The molecule has 0 radical (unpaired) electrons. The summed E-state index contributed by atoms with van der Waals surface area (Å²) in [4.78, 5) is 21.9. The van der Waals surface area contributed by atoms with Crippen molar-refractivity contribution in [2.75, 3.05) is 30.2 Å². The van der Waals surface area contributed by atoms with Crippen LogP contribution < -0.4 is 20.7 Å². The second-order valence-corrected chi connectivity index (χ2v) is 9.61. The zero-order chi connectivity index (χ0) is 27.5. The maximum absolute atomic E-state index is 13.8. The Morgan fingerprint density at radius 3 is 2.27 bits per heavy atom. The molecule has 0 aliphatic carbocycles. The van der Waals surface area contributed by atoms with Crippen molar-refractivity contribution in [3.63, 3.8) is 0 Å². The van der Waals surface area contributed by atoms with Crippen LogP contribution in [0.4, 0.5) is 35.2 Å². The number of nitrogens with zero attached hydrogens (tertiary/aromatic N) is 5. The number of halogens is 4. The number of pyridine rings is 2. The number of urea groups is 1. The molecule has 0 aliphatic rings. The fraction of sp³-hybridized carbons (Fsp3) is 0.409. The van der Waals surface area contributed by atoms with Gasteiger partial charge in [0.2, 0.25) is 5.88 Å². The second-order valence-electron chi connectivity index (χ2n) is 8.81. The van der Waals surface area contributed by atoms with Crippen LogP contribution in [0.25, 0.3) is 5.82 Å². The first-order valence-electron chi connectivity index (χ1n) is 10.9. The zero-order valence-corrected chi connectivity index (χ0v) is 22.4. The lowest BCUT2D eigenvalue weighted by Crippen LogP contribution is -2.27. The third-order valence-electron chi connectivity index (χ3n) is 4.88. The van der Waals surface area contributed by atoms with Gasteiger partial charge >= 0.3 is 12.2 Å². The van der Waals surface area contributed by atoms with Gasteiger partial charge in [0.05, 0.1) is 42.0 Å². The number of alkyl halides is 3. The maximum atomic E-state index is 13.8. The fourth-order valence-electron chi connectivity index (χ4n) is 3.25. The summed E-state index contributed by atoms with van der Waals surface area (Å²) in [7, 11) is 2.71. The molecule has 0 aromatic carbocycles. The van der Waals surface area contributed by atoms with Crippen molar-refractivity contribution < 1.29 is 27.4 Å². The monoisotopic (exact) mass is 586 g/mol. The van der Waals surface area contributed by atoms with E-state index < -0.39 is 29.7 Å². The van der Waals surface area contributed by atoms with Crippen LogP contribution in [0.15, 0.2) is 29.1 Å². The standard InChI is InChI=1S/C22H26BrF3N8O3/c1-11(36-5)15-14(10-27-17(16(15)23)33-21(2,3)4)31-20(35)30-13-9-12(22(24,25)26)18(32-19(13)37-6)34-28-7-8-29-34/h7-11H,1-6H3,(H,27,33)(H2,30,31,35). The summed E-state index contributed by atoms with van der Waals surface area (Å²) in [6.07, 6.45) is -1.45. The molecule has 0 fully saturated rings. The summed E-state index contributed by atoms with van der Waals surface area (Å²) in [5.74, 6) is -0.350. The Morgan fingerprint density at radius 2 is 1.73 bits per heavy atom. The van der Waals surface area contributed by atoms with Crippen LogP contribution in [0.3, 0.4) is 0 Å². The van der Waals surface area contributed by atoms with Crippen LogP contribution in [0.2, 0.25) is 0 Å². The number of hydrogen-bond donors (Lipinski definition) is 3. The number of carbonyl (C=O) groups is 1. The Morgan fingerprint density at radius 1 is 1.11 bits per heavy atom. The summed E-state index contributed by atoms with van der Waals surface area (Å²) >= 11 is 3.52. The number of anilines is 3. The topological polar surface area (TPSA) is 128 Å². The van der Waals surface area contributed by atoms with Crippen molar-refractivity contribution in [1.29, 1.82) is 0 Å². The van der Waals surface area contributed by atoms with Crippen LogP contribution in [0.5, 0.6) is 5.88 Å². The normalized spacial score (nSPS) is 12.7. The fourth-order valence-corrected chi connectivity index (χ4v) is 3.99. The molecule has 11 nitrogen and oxygen atoms in total. The lowest BCUT2D eigenvalue weighted by molar-refractivity contribution is -0.137. The number of rotatable bonds is 7. The van der Waals surface area contributed by atoms with Gasteiger partial charge in [-0.3, -0.25) is 0 Å². The SMILES string of the molecule is COc1nc(-n2nccn2)c(C(F)(F)F)cc1NC(=O)Nc1cnc(NC(C)(C)C)c(Br)c1C(C)OC. The molecule has 3 aromatic rings. The Labute approximate surface area is 219 Å². The number of ether oxygens (including phenoxy) is 2. The molecular weight excluding hydrogens is 561 g/mol. The lowest BCUT2D eigenvalue weighted by Gasteiger charge is -2.25. The van der Waals surface area contributed by atoms with Gasteiger partial charge in [-0.25, -0.2) is 9.78 Å². The minimum absolute atomic E-state index is 0.273. The number of hydrogen-bond acceptors (Lipinski definition) is 8. The second kappa shape index (κ2) is 10.9. The molecule has 3 N–H and O–H groups in total. The van der Waals surface area contributed by atoms with E-state index in [4.69, 9.17) is 9.47 Å². The quantitative estimate of drug-likeness (QED) is 0.335. The van der Waals surface area contributed by atoms with E-state index in [0.29, 0.717) is 26.7 Å². The summed E-state index contributed by atoms with van der Waals surface area (Å²) in [5, 5.41) is 15.7. The molecule has 0 saturated heterocycles. The first-order valence-corrected chi connectivity index (χ1v) is 11.6. The van der Waals surface area contributed by atoms with Crippen molar-refractivity contribution >= 4 is 39.2 Å². The first-order chi connectivity index (χ1) is 17.2. The predicted molar refractivity (Wildman–Crippen MR) is 134 cm³/mol. The van der Waals surface area contributed by atoms with E-state index in [0.717, 1.165) is 0 Å². The first kappa shape index (κ1) is 28.1. The van der Waals surface area contributed by atoms with Crippen molar-refractivity contribution in [2.45, 2.75) is 45.5 Å². The highest BCUT2D eigenvalue weighted by atomic mass is 79.9. The Bertz CT molecular complexity index is 1260. The van der Waals surface area contributed by atoms with Crippen molar-refractivity contribution in [2.24, 2.45) is 0 Å². The third-order valence-corrected chi connectivity index (χ3v) is 5.68. The summed E-state index contributed by atoms with van der Waals surface area (Å²) in [6, 6.07) is -0.152. The minimum atomic E-state index is -4.82. The molecule has 200 valence electrons. The van der Waals surface area contributed by atoms with E-state index in [1.165, 1.54) is 32.8 Å². The maximum Gasteiger partial charge on any atom is 0.420 e. The molecule has 2 amide bonds. The summed E-state index contributed by atoms with van der Waals surface area (Å²) < 4.78 is 52.6. The summed E-state index contributed by atoms with van der Waals surface area (Å²) in [5.41, 5.74) is -0.940. The molecule has 1 atom stereocenters. The highest BCUT2D eigenvalue weighted by molar-refractivity contribution is 9.10. The van der Waals surface area contributed by atoms with Crippen LogP contribution in [0.1, 0.15) is 44.9 Å². The molecule has 3 rings (SSSR count). The zero-order valence-electron chi connectivity index (χ0n) is 20.9. The molecule has 15 heteroatoms. The van der Waals surface area contributed by atoms with Gasteiger partial charge < -0.3 is 25.4 Å². The van der Waals surface area contributed by atoms with Gasteiger partial charge in [-0.1, -0.05) is 0 Å². The van der Waals surface area contributed by atoms with Gasteiger partial charge in [0.25, 0.3) is 0 Å². The van der Waals surface area contributed by atoms with Gasteiger partial charge in [-0.05, 0) is 49.7 Å². The molecule has 0 bridgehead atoms. The van der Waals surface area contributed by atoms with Gasteiger partial charge in [0.15, 0.2) is 5.82 Å². The molecular formula is C22H26BrF3N8O3. The number of nitrogens with one attached hydrogen (secondary N) is 3. The van der Waals surface area contributed by atoms with Gasteiger partial charge in [0.1, 0.15) is 17.1 Å². The number of amides is 2. The van der Waals surface area contributed by atoms with E-state index in [1.54, 1.807) is 6.92 Å². The van der Waals surface area contributed by atoms with Crippen LogP contribution in [-0.4, -0.2) is 50.8 Å². The molecule has 0 aliphatic heterocycles. The van der Waals surface area contributed by atoms with Crippen LogP contribution >= 0.6 is 15.9 Å². The highest BCUT2D eigenvalue weighted by Gasteiger charge is 2.37. The van der Waals surface area contributed by atoms with E-state index >= 15 is 0 Å². The third kappa shape index (κ3) is 6.65. The van der Waals surface area contributed by atoms with Gasteiger partial charge in [-0.15, -0.1) is 4.80 Å². The molecule has 0 saturated carbocycles.